The highest BCUT2D eigenvalue weighted by Crippen LogP contribution is 2.37. The molecule has 0 aliphatic rings. The number of carboxylic acids is 1. The molecule has 0 spiro atoms. The molecule has 1 amide bonds. The third kappa shape index (κ3) is 7.84. The number of alkyl halides is 6. The van der Waals surface area contributed by atoms with Gasteiger partial charge in [0.05, 0.1) is 22.6 Å². The van der Waals surface area contributed by atoms with Crippen molar-refractivity contribution in [2.45, 2.75) is 25.3 Å². The Balaban J connectivity index is 1.56. The summed E-state index contributed by atoms with van der Waals surface area (Å²) in [5.41, 5.74) is -0.731. The number of benzene rings is 3. The van der Waals surface area contributed by atoms with Gasteiger partial charge in [-0.25, -0.2) is 4.39 Å². The van der Waals surface area contributed by atoms with Gasteiger partial charge in [-0.1, -0.05) is 35.9 Å². The van der Waals surface area contributed by atoms with Gasteiger partial charge in [0.2, 0.25) is 0 Å². The number of carbonyl (C=O) groups is 2. The summed E-state index contributed by atoms with van der Waals surface area (Å²) >= 11 is 6.33. The Bertz CT molecular complexity index is 1690. The molecule has 44 heavy (non-hydrogen) atoms. The summed E-state index contributed by atoms with van der Waals surface area (Å²) in [7, 11) is 0. The van der Waals surface area contributed by atoms with Crippen LogP contribution >= 0.6 is 11.6 Å². The molecule has 0 aliphatic heterocycles. The zero-order valence-corrected chi connectivity index (χ0v) is 23.0. The quantitative estimate of drug-likeness (QED) is 0.161. The van der Waals surface area contributed by atoms with Crippen LogP contribution in [0.2, 0.25) is 5.02 Å². The number of aromatic nitrogens is 1. The van der Waals surface area contributed by atoms with Crippen LogP contribution in [-0.2, 0) is 23.7 Å². The van der Waals surface area contributed by atoms with Crippen molar-refractivity contribution < 1.29 is 45.4 Å². The summed E-state index contributed by atoms with van der Waals surface area (Å²) < 4.78 is 93.3. The van der Waals surface area contributed by atoms with E-state index < -0.39 is 41.2 Å². The molecule has 0 bridgehead atoms. The van der Waals surface area contributed by atoms with E-state index in [9.17, 15) is 40.3 Å². The third-order valence-electron chi connectivity index (χ3n) is 6.41. The Kier molecular flexibility index (Phi) is 9.47. The first-order chi connectivity index (χ1) is 20.6. The normalized spacial score (nSPS) is 11.7. The van der Waals surface area contributed by atoms with E-state index >= 15 is 0 Å². The maximum atomic E-state index is 14.1. The van der Waals surface area contributed by atoms with E-state index in [4.69, 9.17) is 16.7 Å². The van der Waals surface area contributed by atoms with Crippen LogP contribution in [0, 0.1) is 5.82 Å². The Morgan fingerprint density at radius 2 is 1.57 bits per heavy atom. The van der Waals surface area contributed by atoms with E-state index in [0.717, 1.165) is 24.3 Å². The third-order valence-corrected chi connectivity index (χ3v) is 6.72. The maximum absolute atomic E-state index is 14.1. The second-order valence-electron chi connectivity index (χ2n) is 9.44. The zero-order valence-electron chi connectivity index (χ0n) is 22.3. The second kappa shape index (κ2) is 12.9. The molecule has 3 aromatic carbocycles. The van der Waals surface area contributed by atoms with E-state index in [1.54, 1.807) is 0 Å². The molecule has 0 aliphatic carbocycles. The van der Waals surface area contributed by atoms with E-state index in [1.807, 2.05) is 0 Å². The van der Waals surface area contributed by atoms with Crippen LogP contribution in [-0.4, -0.2) is 28.5 Å². The molecule has 14 heteroatoms. The van der Waals surface area contributed by atoms with Crippen LogP contribution in [0.4, 0.5) is 36.4 Å². The molecule has 0 unspecified atom stereocenters. The second-order valence-corrected chi connectivity index (χ2v) is 9.85. The van der Waals surface area contributed by atoms with Gasteiger partial charge in [-0.15, -0.1) is 0 Å². The molecule has 0 radical (unpaired) electrons. The molecule has 3 N–H and O–H groups in total. The fraction of sp³-hybridized carbons (Fsp3) is 0.167. The first-order valence-corrected chi connectivity index (χ1v) is 13.1. The number of halogens is 8. The fourth-order valence-corrected chi connectivity index (χ4v) is 4.50. The highest BCUT2D eigenvalue weighted by Gasteiger charge is 2.34. The van der Waals surface area contributed by atoms with Gasteiger partial charge in [-0.05, 0) is 59.2 Å². The first-order valence-electron chi connectivity index (χ1n) is 12.7. The summed E-state index contributed by atoms with van der Waals surface area (Å²) in [5, 5.41) is 14.2. The number of pyridine rings is 1. The lowest BCUT2D eigenvalue weighted by molar-refractivity contribution is -0.140. The lowest BCUT2D eigenvalue weighted by Gasteiger charge is -2.16. The van der Waals surface area contributed by atoms with Gasteiger partial charge in [0.1, 0.15) is 11.5 Å². The van der Waals surface area contributed by atoms with Gasteiger partial charge in [0, 0.05) is 36.1 Å². The minimum atomic E-state index is -4.85. The van der Waals surface area contributed by atoms with Crippen molar-refractivity contribution in [2.75, 3.05) is 11.9 Å². The maximum Gasteiger partial charge on any atom is 0.419 e. The fourth-order valence-electron chi connectivity index (χ4n) is 4.21. The van der Waals surface area contributed by atoms with E-state index in [0.29, 0.717) is 17.3 Å². The van der Waals surface area contributed by atoms with Crippen molar-refractivity contribution >= 4 is 29.2 Å². The summed E-state index contributed by atoms with van der Waals surface area (Å²) in [6, 6.07) is 12.7. The van der Waals surface area contributed by atoms with Crippen molar-refractivity contribution in [1.29, 1.82) is 0 Å². The summed E-state index contributed by atoms with van der Waals surface area (Å²) in [6.07, 6.45) is -8.57. The van der Waals surface area contributed by atoms with Crippen LogP contribution in [0.15, 0.2) is 72.9 Å². The number of hydrogen-bond donors (Lipinski definition) is 3. The minimum Gasteiger partial charge on any atom is -0.481 e. The summed E-state index contributed by atoms with van der Waals surface area (Å²) in [4.78, 5) is 26.8. The predicted octanol–water partition coefficient (Wildman–Crippen LogP) is 8.06. The standard InChI is InChI=1S/C30H21ClF7N3O3/c31-24-13-20(5-6-21(24)16-2-7-23(25(32)11-16)30(36,37)38)40-14-17-1-4-19(29(33,34)35)12-22(17)18-3-8-26(41-15-18)28(44)39-10-9-27(42)43/h1-8,11-13,15,40H,9-10,14H2,(H,39,44)(H,42,43). The Morgan fingerprint density at radius 1 is 0.841 bits per heavy atom. The highest BCUT2D eigenvalue weighted by atomic mass is 35.5. The van der Waals surface area contributed by atoms with Gasteiger partial charge in [0.25, 0.3) is 5.91 Å². The smallest absolute Gasteiger partial charge is 0.419 e. The molecule has 4 rings (SSSR count). The molecular weight excluding hydrogens is 619 g/mol. The number of carboxylic acid groups (broad SMARTS) is 1. The van der Waals surface area contributed by atoms with Crippen LogP contribution in [0.25, 0.3) is 22.3 Å². The van der Waals surface area contributed by atoms with Crippen molar-refractivity contribution in [2.24, 2.45) is 0 Å². The predicted molar refractivity (Wildman–Crippen MR) is 148 cm³/mol. The number of rotatable bonds is 9. The van der Waals surface area contributed by atoms with Gasteiger partial charge >= 0.3 is 18.3 Å². The monoisotopic (exact) mass is 639 g/mol. The Hall–Kier alpha value is -4.65. The van der Waals surface area contributed by atoms with Crippen LogP contribution < -0.4 is 10.6 Å². The van der Waals surface area contributed by atoms with Crippen molar-refractivity contribution in [3.05, 3.63) is 106 Å². The van der Waals surface area contributed by atoms with Crippen molar-refractivity contribution in [1.82, 2.24) is 10.3 Å². The average molecular weight is 640 g/mol. The average Bonchev–Trinajstić information content (AvgIpc) is 2.94. The van der Waals surface area contributed by atoms with Crippen LogP contribution in [0.3, 0.4) is 0 Å². The summed E-state index contributed by atoms with van der Waals surface area (Å²) in [6.45, 7) is -0.122. The molecule has 0 saturated carbocycles. The Morgan fingerprint density at radius 3 is 2.16 bits per heavy atom. The number of nitrogens with zero attached hydrogens (tertiary/aromatic N) is 1. The van der Waals surface area contributed by atoms with E-state index in [1.165, 1.54) is 42.6 Å². The molecule has 1 heterocycles. The van der Waals surface area contributed by atoms with Gasteiger partial charge in [-0.2, -0.15) is 26.3 Å². The van der Waals surface area contributed by atoms with E-state index in [2.05, 4.69) is 15.6 Å². The summed E-state index contributed by atoms with van der Waals surface area (Å²) in [5.74, 6) is -3.21. The SMILES string of the molecule is O=C(O)CCNC(=O)c1ccc(-c2cc(C(F)(F)F)ccc2CNc2ccc(-c3ccc(C(F)(F)F)c(F)c3)c(Cl)c2)cn1. The largest absolute Gasteiger partial charge is 0.481 e. The molecule has 6 nitrogen and oxygen atoms in total. The first kappa shape index (κ1) is 32.3. The molecular formula is C30H21ClF7N3O3. The van der Waals surface area contributed by atoms with E-state index in [-0.39, 0.29) is 52.5 Å². The minimum absolute atomic E-state index is 0.00940. The number of carbonyl (C=O) groups excluding carboxylic acids is 1. The molecule has 4 aromatic rings. The number of amides is 1. The topological polar surface area (TPSA) is 91.3 Å². The number of hydrogen-bond acceptors (Lipinski definition) is 4. The van der Waals surface area contributed by atoms with Crippen LogP contribution in [0.5, 0.6) is 0 Å². The Labute approximate surface area is 250 Å². The highest BCUT2D eigenvalue weighted by molar-refractivity contribution is 6.33. The number of nitrogens with one attached hydrogen (secondary N) is 2. The lowest BCUT2D eigenvalue weighted by atomic mass is 9.97. The van der Waals surface area contributed by atoms with Gasteiger partial charge in [0.15, 0.2) is 0 Å². The van der Waals surface area contributed by atoms with Crippen LogP contribution in [0.1, 0.15) is 33.6 Å². The van der Waals surface area contributed by atoms with Gasteiger partial charge in [-0.3, -0.25) is 14.6 Å². The molecule has 0 saturated heterocycles. The zero-order chi connectivity index (χ0) is 32.2. The molecule has 0 fully saturated rings. The van der Waals surface area contributed by atoms with Crippen molar-refractivity contribution in [3.8, 4) is 22.3 Å². The number of aliphatic carboxylic acids is 1. The number of anilines is 1. The molecule has 1 aromatic heterocycles. The molecule has 0 atom stereocenters. The van der Waals surface area contributed by atoms with Crippen molar-refractivity contribution in [3.63, 3.8) is 0 Å². The lowest BCUT2D eigenvalue weighted by Crippen LogP contribution is -2.26. The molecule has 230 valence electrons. The van der Waals surface area contributed by atoms with Gasteiger partial charge < -0.3 is 15.7 Å².